The highest BCUT2D eigenvalue weighted by molar-refractivity contribution is 5.89. The van der Waals surface area contributed by atoms with E-state index >= 15 is 0 Å². The van der Waals surface area contributed by atoms with Crippen LogP contribution < -0.4 is 15.2 Å². The number of aromatic nitrogens is 2. The summed E-state index contributed by atoms with van der Waals surface area (Å²) >= 11 is 0. The second-order valence-corrected chi connectivity index (χ2v) is 8.66. The maximum Gasteiger partial charge on any atom is 0.416 e. The Morgan fingerprint density at radius 3 is 2.68 bits per heavy atom. The van der Waals surface area contributed by atoms with Crippen LogP contribution in [-0.4, -0.2) is 28.2 Å². The highest BCUT2D eigenvalue weighted by atomic mass is 19.4. The third kappa shape index (κ3) is 4.45. The summed E-state index contributed by atoms with van der Waals surface area (Å²) in [6, 6.07) is 9.76. The third-order valence-corrected chi connectivity index (χ3v) is 6.51. The summed E-state index contributed by atoms with van der Waals surface area (Å²) in [5.74, 6) is 0.463. The lowest BCUT2D eigenvalue weighted by molar-refractivity contribution is -0.137. The maximum atomic E-state index is 13.1. The quantitative estimate of drug-likeness (QED) is 0.468. The number of fused-ring (bicyclic) bond motifs is 1. The topological polar surface area (TPSA) is 51.7 Å². The van der Waals surface area contributed by atoms with E-state index in [0.29, 0.717) is 29.7 Å². The van der Waals surface area contributed by atoms with E-state index in [4.69, 9.17) is 11.3 Å². The molecule has 0 unspecified atom stereocenters. The van der Waals surface area contributed by atoms with Gasteiger partial charge < -0.3 is 19.0 Å². The summed E-state index contributed by atoms with van der Waals surface area (Å²) < 4.78 is 46.9. The molecule has 9 heteroatoms. The molecule has 0 amide bonds. The van der Waals surface area contributed by atoms with Gasteiger partial charge in [-0.05, 0) is 43.7 Å². The number of piperidine rings is 1. The predicted octanol–water partition coefficient (Wildman–Crippen LogP) is 5.58. The number of pyridine rings is 2. The fraction of sp³-hybridized carbons (Fsp3) is 0.400. The number of anilines is 1. The summed E-state index contributed by atoms with van der Waals surface area (Å²) in [7, 11) is 1.67. The van der Waals surface area contributed by atoms with Gasteiger partial charge >= 0.3 is 6.18 Å². The Morgan fingerprint density at radius 1 is 1.24 bits per heavy atom. The van der Waals surface area contributed by atoms with E-state index in [1.165, 1.54) is 10.6 Å². The van der Waals surface area contributed by atoms with Gasteiger partial charge in [0, 0.05) is 38.0 Å². The minimum atomic E-state index is -4.43. The molecule has 0 spiro atoms. The third-order valence-electron chi connectivity index (χ3n) is 6.51. The molecule has 4 rings (SSSR count). The van der Waals surface area contributed by atoms with Crippen molar-refractivity contribution < 1.29 is 17.9 Å². The second kappa shape index (κ2) is 9.01. The molecule has 178 valence electrons. The lowest BCUT2D eigenvalue weighted by atomic mass is 9.87. The Balaban J connectivity index is 1.66. The molecule has 3 heterocycles. The number of halogens is 3. The zero-order valence-electron chi connectivity index (χ0n) is 19.1. The number of aryl methyl sites for hydroxylation is 1. The van der Waals surface area contributed by atoms with Crippen molar-refractivity contribution in [3.05, 3.63) is 69.8 Å². The van der Waals surface area contributed by atoms with Gasteiger partial charge in [-0.25, -0.2) is 0 Å². The van der Waals surface area contributed by atoms with E-state index in [9.17, 15) is 18.0 Å². The molecule has 0 aliphatic carbocycles. The molecule has 0 saturated carbocycles. The maximum absolute atomic E-state index is 13.1. The van der Waals surface area contributed by atoms with Crippen molar-refractivity contribution in [2.24, 2.45) is 13.0 Å². The molecular weight excluding hydrogens is 445 g/mol. The first-order chi connectivity index (χ1) is 16.1. The molecule has 1 saturated heterocycles. The van der Waals surface area contributed by atoms with E-state index in [2.05, 4.69) is 14.7 Å². The Kier molecular flexibility index (Phi) is 6.26. The van der Waals surface area contributed by atoms with Crippen LogP contribution in [0.3, 0.4) is 0 Å². The van der Waals surface area contributed by atoms with Crippen molar-refractivity contribution >= 4 is 22.5 Å². The van der Waals surface area contributed by atoms with Crippen molar-refractivity contribution in [3.63, 3.8) is 0 Å². The number of hydrogen-bond donors (Lipinski definition) is 0. The standard InChI is InChI=1S/C25H25F3N4O2/c1-5-16-14-32(20-13-23(33)31(4)19-9-10-22(29-3)30-24(19)20)15(2)11-21(16)34-18-8-6-7-17(12-18)25(26,27)28/h6-10,12-13,15-16,21H,5,11,14H2,1-2,4H3/t15-,16+,21-/m0/s1. The van der Waals surface area contributed by atoms with Crippen LogP contribution >= 0.6 is 0 Å². The van der Waals surface area contributed by atoms with Gasteiger partial charge in [0.15, 0.2) is 0 Å². The van der Waals surface area contributed by atoms with Gasteiger partial charge in [-0.2, -0.15) is 13.2 Å². The van der Waals surface area contributed by atoms with E-state index in [1.54, 1.807) is 31.3 Å². The van der Waals surface area contributed by atoms with Gasteiger partial charge in [-0.3, -0.25) is 4.79 Å². The fourth-order valence-corrected chi connectivity index (χ4v) is 4.58. The summed E-state index contributed by atoms with van der Waals surface area (Å²) in [6.45, 7) is 11.9. The van der Waals surface area contributed by atoms with Crippen molar-refractivity contribution in [2.45, 2.75) is 45.0 Å². The molecule has 1 fully saturated rings. The highest BCUT2D eigenvalue weighted by Crippen LogP contribution is 2.36. The Morgan fingerprint density at radius 2 is 2.00 bits per heavy atom. The number of ether oxygens (including phenoxy) is 1. The molecule has 1 aliphatic rings. The molecule has 0 bridgehead atoms. The summed E-state index contributed by atoms with van der Waals surface area (Å²) in [4.78, 5) is 22.7. The average molecular weight is 470 g/mol. The van der Waals surface area contributed by atoms with Crippen LogP contribution in [0.4, 0.5) is 24.7 Å². The van der Waals surface area contributed by atoms with Crippen molar-refractivity contribution in [2.75, 3.05) is 11.4 Å². The summed E-state index contributed by atoms with van der Waals surface area (Å²) in [5, 5.41) is 0. The fourth-order valence-electron chi connectivity index (χ4n) is 4.58. The van der Waals surface area contributed by atoms with E-state index in [-0.39, 0.29) is 35.2 Å². The van der Waals surface area contributed by atoms with Crippen molar-refractivity contribution in [1.29, 1.82) is 0 Å². The minimum Gasteiger partial charge on any atom is -0.490 e. The number of benzene rings is 1. The Labute approximate surface area is 195 Å². The molecule has 1 aromatic carbocycles. The lowest BCUT2D eigenvalue weighted by Crippen LogP contribution is -2.50. The lowest BCUT2D eigenvalue weighted by Gasteiger charge is -2.43. The van der Waals surface area contributed by atoms with E-state index in [1.807, 2.05) is 13.8 Å². The molecular formula is C25H25F3N4O2. The van der Waals surface area contributed by atoms with Crippen LogP contribution in [0.25, 0.3) is 15.9 Å². The van der Waals surface area contributed by atoms with Crippen LogP contribution in [0.5, 0.6) is 5.75 Å². The number of nitrogens with zero attached hydrogens (tertiary/aromatic N) is 4. The summed E-state index contributed by atoms with van der Waals surface area (Å²) in [5.41, 5.74) is 0.957. The van der Waals surface area contributed by atoms with Gasteiger partial charge in [0.2, 0.25) is 5.52 Å². The van der Waals surface area contributed by atoms with Gasteiger partial charge in [0.05, 0.1) is 16.8 Å². The van der Waals surface area contributed by atoms with E-state index < -0.39 is 11.7 Å². The molecule has 1 aliphatic heterocycles. The van der Waals surface area contributed by atoms with Gasteiger partial charge in [0.25, 0.3) is 11.4 Å². The average Bonchev–Trinajstić information content (AvgIpc) is 2.81. The van der Waals surface area contributed by atoms with Crippen molar-refractivity contribution in [3.8, 4) is 5.75 Å². The first kappa shape index (κ1) is 23.6. The van der Waals surface area contributed by atoms with Crippen LogP contribution in [0, 0.1) is 12.5 Å². The van der Waals surface area contributed by atoms with Crippen LogP contribution in [0.15, 0.2) is 47.3 Å². The van der Waals surface area contributed by atoms with Gasteiger partial charge in [-0.15, -0.1) is 4.98 Å². The largest absolute Gasteiger partial charge is 0.490 e. The Hall–Kier alpha value is -3.54. The van der Waals surface area contributed by atoms with Crippen LogP contribution in [0.2, 0.25) is 0 Å². The smallest absolute Gasteiger partial charge is 0.416 e. The van der Waals surface area contributed by atoms with Crippen LogP contribution in [-0.2, 0) is 13.2 Å². The van der Waals surface area contributed by atoms with Crippen LogP contribution in [0.1, 0.15) is 32.3 Å². The van der Waals surface area contributed by atoms with Gasteiger partial charge in [-0.1, -0.05) is 19.6 Å². The molecule has 2 aromatic heterocycles. The zero-order chi connectivity index (χ0) is 24.6. The number of hydrogen-bond acceptors (Lipinski definition) is 4. The summed E-state index contributed by atoms with van der Waals surface area (Å²) in [6.07, 6.45) is -3.40. The first-order valence-electron chi connectivity index (χ1n) is 11.1. The van der Waals surface area contributed by atoms with E-state index in [0.717, 1.165) is 18.6 Å². The van der Waals surface area contributed by atoms with Gasteiger partial charge in [0.1, 0.15) is 11.9 Å². The molecule has 3 aromatic rings. The SMILES string of the molecule is [C-]#[N+]c1ccc2c(n1)c(N1C[C@@H](CC)[C@@H](Oc3cccc(C(F)(F)F)c3)C[C@@H]1C)cc(=O)n2C. The second-order valence-electron chi connectivity index (χ2n) is 8.66. The molecule has 3 atom stereocenters. The molecule has 0 N–H and O–H groups in total. The monoisotopic (exact) mass is 470 g/mol. The predicted molar refractivity (Wildman–Crippen MR) is 124 cm³/mol. The first-order valence-corrected chi connectivity index (χ1v) is 11.1. The normalized spacial score (nSPS) is 20.9. The Bertz CT molecular complexity index is 1310. The molecule has 6 nitrogen and oxygen atoms in total. The minimum absolute atomic E-state index is 0.0221. The highest BCUT2D eigenvalue weighted by Gasteiger charge is 2.36. The number of rotatable bonds is 4. The zero-order valence-corrected chi connectivity index (χ0v) is 19.1. The van der Waals surface area contributed by atoms with Crippen molar-refractivity contribution in [1.82, 2.24) is 9.55 Å². The molecule has 34 heavy (non-hydrogen) atoms. The number of alkyl halides is 3. The molecule has 0 radical (unpaired) electrons.